The number of methoxy groups -OCH3 is 1. The van der Waals surface area contributed by atoms with Crippen LogP contribution in [0.1, 0.15) is 55.4 Å². The molecule has 32 heavy (non-hydrogen) atoms. The van der Waals surface area contributed by atoms with Gasteiger partial charge in [-0.15, -0.1) is 11.3 Å². The van der Waals surface area contributed by atoms with Crippen molar-refractivity contribution in [3.8, 4) is 11.5 Å². The number of carbonyl (C=O) groups is 1. The van der Waals surface area contributed by atoms with Crippen LogP contribution in [0.4, 0.5) is 0 Å². The van der Waals surface area contributed by atoms with Gasteiger partial charge in [-0.2, -0.15) is 0 Å². The molecule has 1 aliphatic heterocycles. The Morgan fingerprint density at radius 2 is 2.00 bits per heavy atom. The molecule has 1 unspecified atom stereocenters. The second kappa shape index (κ2) is 11.5. The van der Waals surface area contributed by atoms with Crippen molar-refractivity contribution in [2.75, 3.05) is 20.3 Å². The van der Waals surface area contributed by atoms with E-state index >= 15 is 0 Å². The third-order valence-electron chi connectivity index (χ3n) is 6.26. The Morgan fingerprint density at radius 3 is 2.72 bits per heavy atom. The van der Waals surface area contributed by atoms with E-state index in [1.54, 1.807) is 24.5 Å². The molecule has 2 aromatic rings. The highest BCUT2D eigenvalue weighted by molar-refractivity contribution is 7.10. The molecule has 2 fully saturated rings. The van der Waals surface area contributed by atoms with Gasteiger partial charge >= 0.3 is 0 Å². The van der Waals surface area contributed by atoms with Gasteiger partial charge in [0.2, 0.25) is 5.91 Å². The van der Waals surface area contributed by atoms with E-state index in [1.807, 2.05) is 46.7 Å². The Balaban J connectivity index is 1.44. The number of nitrogens with zero attached hydrogens (tertiary/aromatic N) is 1. The third kappa shape index (κ3) is 6.14. The lowest BCUT2D eigenvalue weighted by atomic mass is 10.1. The number of thiophene rings is 1. The van der Waals surface area contributed by atoms with Gasteiger partial charge in [0.25, 0.3) is 0 Å². The van der Waals surface area contributed by atoms with E-state index in [1.165, 1.54) is 19.3 Å². The van der Waals surface area contributed by atoms with Crippen molar-refractivity contribution in [1.29, 1.82) is 0 Å². The van der Waals surface area contributed by atoms with Gasteiger partial charge in [-0.05, 0) is 67.3 Å². The topological polar surface area (TPSA) is 48.0 Å². The molecular weight excluding hydrogens is 422 g/mol. The highest BCUT2D eigenvalue weighted by Gasteiger charge is 2.26. The molecule has 6 heteroatoms. The minimum atomic E-state index is 0.0686. The van der Waals surface area contributed by atoms with Crippen LogP contribution in [0.3, 0.4) is 0 Å². The predicted molar refractivity (Wildman–Crippen MR) is 128 cm³/mol. The van der Waals surface area contributed by atoms with E-state index < -0.39 is 0 Å². The molecule has 1 amide bonds. The summed E-state index contributed by atoms with van der Waals surface area (Å²) >= 11 is 1.64. The van der Waals surface area contributed by atoms with Gasteiger partial charge in [0, 0.05) is 30.1 Å². The fourth-order valence-electron chi connectivity index (χ4n) is 4.49. The van der Waals surface area contributed by atoms with Crippen molar-refractivity contribution < 1.29 is 19.0 Å². The van der Waals surface area contributed by atoms with Crippen LogP contribution in [0.5, 0.6) is 11.5 Å². The Labute approximate surface area is 195 Å². The second-order valence-corrected chi connectivity index (χ2v) is 9.52. The summed E-state index contributed by atoms with van der Waals surface area (Å²) < 4.78 is 17.4. The molecule has 0 spiro atoms. The van der Waals surface area contributed by atoms with Crippen LogP contribution in [0.15, 0.2) is 41.8 Å². The summed E-state index contributed by atoms with van der Waals surface area (Å²) in [5.74, 6) is 1.49. The summed E-state index contributed by atoms with van der Waals surface area (Å²) in [6.07, 6.45) is 11.6. The number of rotatable bonds is 9. The summed E-state index contributed by atoms with van der Waals surface area (Å²) in [5.41, 5.74) is 1.05. The van der Waals surface area contributed by atoms with Crippen LogP contribution < -0.4 is 9.47 Å². The summed E-state index contributed by atoms with van der Waals surface area (Å²) in [6, 6.07) is 10.3. The van der Waals surface area contributed by atoms with E-state index in [0.717, 1.165) is 48.5 Å². The first-order valence-corrected chi connectivity index (χ1v) is 12.5. The van der Waals surface area contributed by atoms with Gasteiger partial charge in [-0.1, -0.05) is 25.0 Å². The van der Waals surface area contributed by atoms with E-state index in [0.29, 0.717) is 24.9 Å². The summed E-state index contributed by atoms with van der Waals surface area (Å²) in [7, 11) is 1.66. The molecule has 1 aliphatic carbocycles. The van der Waals surface area contributed by atoms with E-state index in [9.17, 15) is 4.79 Å². The third-order valence-corrected chi connectivity index (χ3v) is 7.10. The van der Waals surface area contributed by atoms with Crippen molar-refractivity contribution in [1.82, 2.24) is 4.90 Å². The molecule has 1 saturated carbocycles. The van der Waals surface area contributed by atoms with Crippen LogP contribution in [-0.4, -0.2) is 43.3 Å². The zero-order valence-electron chi connectivity index (χ0n) is 18.8. The highest BCUT2D eigenvalue weighted by Crippen LogP contribution is 2.31. The largest absolute Gasteiger partial charge is 0.493 e. The molecule has 1 saturated heterocycles. The van der Waals surface area contributed by atoms with Crippen molar-refractivity contribution in [3.63, 3.8) is 0 Å². The standard InChI is InChI=1S/C26H33NO4S/c1-29-25-17-20(11-13-24(25)31-19-22-9-4-5-15-30-22)18-27(21-7-2-3-8-21)26(28)14-12-23-10-6-16-32-23/h6,10-14,16-17,21-22H,2-5,7-9,15,18-19H2,1H3. The van der Waals surface area contributed by atoms with Gasteiger partial charge in [0.15, 0.2) is 11.5 Å². The van der Waals surface area contributed by atoms with Crippen LogP contribution in [0, 0.1) is 0 Å². The minimum Gasteiger partial charge on any atom is -0.493 e. The number of hydrogen-bond acceptors (Lipinski definition) is 5. The van der Waals surface area contributed by atoms with Crippen molar-refractivity contribution in [2.24, 2.45) is 0 Å². The zero-order chi connectivity index (χ0) is 22.2. The molecular formula is C26H33NO4S. The van der Waals surface area contributed by atoms with E-state index in [2.05, 4.69) is 0 Å². The fraction of sp³-hybridized carbons (Fsp3) is 0.500. The lowest BCUT2D eigenvalue weighted by Gasteiger charge is -2.28. The number of hydrogen-bond donors (Lipinski definition) is 0. The van der Waals surface area contributed by atoms with Gasteiger partial charge in [0.1, 0.15) is 6.61 Å². The lowest BCUT2D eigenvalue weighted by Crippen LogP contribution is -2.37. The summed E-state index contributed by atoms with van der Waals surface area (Å²) in [6.45, 7) is 1.92. The molecule has 0 N–H and O–H groups in total. The number of amides is 1. The lowest BCUT2D eigenvalue weighted by molar-refractivity contribution is -0.128. The van der Waals surface area contributed by atoms with Crippen LogP contribution >= 0.6 is 11.3 Å². The van der Waals surface area contributed by atoms with Gasteiger partial charge in [-0.3, -0.25) is 4.79 Å². The zero-order valence-corrected chi connectivity index (χ0v) is 19.6. The molecule has 4 rings (SSSR count). The first-order chi connectivity index (χ1) is 15.7. The Hall–Kier alpha value is -2.31. The van der Waals surface area contributed by atoms with Crippen molar-refractivity contribution in [2.45, 2.75) is 63.6 Å². The van der Waals surface area contributed by atoms with Crippen LogP contribution in [0.25, 0.3) is 6.08 Å². The summed E-state index contributed by atoms with van der Waals surface area (Å²) in [5, 5.41) is 2.02. The molecule has 0 radical (unpaired) electrons. The smallest absolute Gasteiger partial charge is 0.247 e. The molecule has 1 atom stereocenters. The molecule has 1 aromatic carbocycles. The highest BCUT2D eigenvalue weighted by atomic mass is 32.1. The quantitative estimate of drug-likeness (QED) is 0.456. The van der Waals surface area contributed by atoms with Crippen LogP contribution in [-0.2, 0) is 16.1 Å². The van der Waals surface area contributed by atoms with Crippen molar-refractivity contribution in [3.05, 3.63) is 52.2 Å². The van der Waals surface area contributed by atoms with E-state index in [4.69, 9.17) is 14.2 Å². The molecule has 5 nitrogen and oxygen atoms in total. The first-order valence-electron chi connectivity index (χ1n) is 11.7. The molecule has 172 valence electrons. The molecule has 2 aliphatic rings. The minimum absolute atomic E-state index is 0.0686. The molecule has 2 heterocycles. The van der Waals surface area contributed by atoms with Gasteiger partial charge in [-0.25, -0.2) is 0 Å². The normalized spacial score (nSPS) is 19.3. The predicted octanol–water partition coefficient (Wildman–Crippen LogP) is 5.69. The number of benzene rings is 1. The Morgan fingerprint density at radius 1 is 1.16 bits per heavy atom. The first kappa shape index (κ1) is 22.9. The summed E-state index contributed by atoms with van der Waals surface area (Å²) in [4.78, 5) is 16.2. The Kier molecular flexibility index (Phi) is 8.24. The van der Waals surface area contributed by atoms with Gasteiger partial charge < -0.3 is 19.1 Å². The van der Waals surface area contributed by atoms with Gasteiger partial charge in [0.05, 0.1) is 13.2 Å². The average molecular weight is 456 g/mol. The molecule has 1 aromatic heterocycles. The number of ether oxygens (including phenoxy) is 3. The van der Waals surface area contributed by atoms with Crippen molar-refractivity contribution >= 4 is 23.3 Å². The average Bonchev–Trinajstić information content (AvgIpc) is 3.55. The molecule has 0 bridgehead atoms. The van der Waals surface area contributed by atoms with E-state index in [-0.39, 0.29) is 12.0 Å². The number of carbonyl (C=O) groups excluding carboxylic acids is 1. The monoisotopic (exact) mass is 455 g/mol. The van der Waals surface area contributed by atoms with Crippen LogP contribution in [0.2, 0.25) is 0 Å². The maximum absolute atomic E-state index is 13.1. The fourth-order valence-corrected chi connectivity index (χ4v) is 5.10. The second-order valence-electron chi connectivity index (χ2n) is 8.54. The Bertz CT molecular complexity index is 883. The maximum Gasteiger partial charge on any atom is 0.247 e. The SMILES string of the molecule is COc1cc(CN(C(=O)C=Cc2cccs2)C2CCCC2)ccc1OCC1CCCCO1. The maximum atomic E-state index is 13.1.